The maximum absolute atomic E-state index is 13.5. The van der Waals surface area contributed by atoms with Crippen LogP contribution in [0.3, 0.4) is 0 Å². The smallest absolute Gasteiger partial charge is 0.131 e. The molecule has 0 aliphatic carbocycles. The Hall–Kier alpha value is -2.03. The Morgan fingerprint density at radius 1 is 0.867 bits per heavy atom. The third-order valence-corrected chi connectivity index (χ3v) is 2.19. The number of nitrogens with two attached hydrogens (primary N) is 2. The molecule has 0 fully saturated rings. The minimum absolute atomic E-state index is 0.296. The van der Waals surface area contributed by atoms with Crippen molar-refractivity contribution in [3.63, 3.8) is 0 Å². The van der Waals surface area contributed by atoms with E-state index < -0.39 is 0 Å². The van der Waals surface area contributed by atoms with Crippen LogP contribution in [-0.4, -0.2) is 0 Å². The highest BCUT2D eigenvalue weighted by molar-refractivity contribution is 5.70. The molecule has 2 aromatic rings. The Balaban J connectivity index is 2.58. The summed E-state index contributed by atoms with van der Waals surface area (Å²) in [7, 11) is 0. The summed E-state index contributed by atoms with van der Waals surface area (Å²) >= 11 is 0. The molecule has 0 aromatic heterocycles. The molecule has 15 heavy (non-hydrogen) atoms. The van der Waals surface area contributed by atoms with Crippen LogP contribution in [0.5, 0.6) is 0 Å². The molecular weight excluding hydrogens is 191 g/mol. The van der Waals surface area contributed by atoms with Gasteiger partial charge in [0.1, 0.15) is 5.82 Å². The Kier molecular flexibility index (Phi) is 2.29. The molecule has 0 saturated carbocycles. The fourth-order valence-electron chi connectivity index (χ4n) is 1.47. The summed E-state index contributed by atoms with van der Waals surface area (Å²) in [6.07, 6.45) is 0. The lowest BCUT2D eigenvalue weighted by Crippen LogP contribution is -1.91. The molecule has 0 unspecified atom stereocenters. The average Bonchev–Trinajstić information content (AvgIpc) is 2.22. The fraction of sp³-hybridized carbons (Fsp3) is 0. The van der Waals surface area contributed by atoms with Gasteiger partial charge in [0.05, 0.1) is 0 Å². The van der Waals surface area contributed by atoms with E-state index in [0.29, 0.717) is 16.9 Å². The van der Waals surface area contributed by atoms with Gasteiger partial charge in [0.15, 0.2) is 0 Å². The first-order chi connectivity index (χ1) is 7.16. The highest BCUT2D eigenvalue weighted by Crippen LogP contribution is 2.26. The molecule has 0 heterocycles. The molecule has 0 atom stereocenters. The Bertz CT molecular complexity index is 495. The zero-order valence-electron chi connectivity index (χ0n) is 8.07. The van der Waals surface area contributed by atoms with Gasteiger partial charge in [-0.3, -0.25) is 0 Å². The van der Waals surface area contributed by atoms with Gasteiger partial charge in [-0.2, -0.15) is 0 Å². The number of hydrogen-bond donors (Lipinski definition) is 2. The summed E-state index contributed by atoms with van der Waals surface area (Å²) in [5.41, 5.74) is 13.6. The van der Waals surface area contributed by atoms with E-state index >= 15 is 0 Å². The SMILES string of the molecule is Nc1cccc(-c2cc(N)ccc2F)c1. The Morgan fingerprint density at radius 2 is 1.60 bits per heavy atom. The lowest BCUT2D eigenvalue weighted by Gasteiger charge is -2.05. The van der Waals surface area contributed by atoms with E-state index in [4.69, 9.17) is 11.5 Å². The number of rotatable bonds is 1. The summed E-state index contributed by atoms with van der Waals surface area (Å²) in [4.78, 5) is 0. The van der Waals surface area contributed by atoms with Crippen molar-refractivity contribution in [2.24, 2.45) is 0 Å². The maximum atomic E-state index is 13.5. The molecule has 0 bridgehead atoms. The quantitative estimate of drug-likeness (QED) is 0.698. The first-order valence-corrected chi connectivity index (χ1v) is 4.58. The van der Waals surface area contributed by atoms with E-state index in [0.717, 1.165) is 5.56 Å². The molecule has 0 saturated heterocycles. The van der Waals surface area contributed by atoms with Gasteiger partial charge in [-0.05, 0) is 35.9 Å². The van der Waals surface area contributed by atoms with Crippen LogP contribution in [0.25, 0.3) is 11.1 Å². The number of benzene rings is 2. The van der Waals surface area contributed by atoms with E-state index in [2.05, 4.69) is 0 Å². The topological polar surface area (TPSA) is 52.0 Å². The van der Waals surface area contributed by atoms with E-state index in [9.17, 15) is 4.39 Å². The molecule has 0 aliphatic rings. The van der Waals surface area contributed by atoms with Crippen LogP contribution in [0, 0.1) is 5.82 Å². The van der Waals surface area contributed by atoms with Crippen molar-refractivity contribution in [3.05, 3.63) is 48.3 Å². The summed E-state index contributed by atoms with van der Waals surface area (Å²) < 4.78 is 13.5. The zero-order chi connectivity index (χ0) is 10.8. The van der Waals surface area contributed by atoms with E-state index in [1.807, 2.05) is 0 Å². The van der Waals surface area contributed by atoms with Crippen molar-refractivity contribution in [2.75, 3.05) is 11.5 Å². The van der Waals surface area contributed by atoms with Crippen LogP contribution in [0.4, 0.5) is 15.8 Å². The minimum atomic E-state index is -0.296. The van der Waals surface area contributed by atoms with Crippen LogP contribution < -0.4 is 11.5 Å². The van der Waals surface area contributed by atoms with Crippen molar-refractivity contribution in [1.82, 2.24) is 0 Å². The normalized spacial score (nSPS) is 10.2. The lowest BCUT2D eigenvalue weighted by atomic mass is 10.0. The average molecular weight is 202 g/mol. The first kappa shape index (κ1) is 9.52. The minimum Gasteiger partial charge on any atom is -0.399 e. The molecule has 0 spiro atoms. The third kappa shape index (κ3) is 1.91. The van der Waals surface area contributed by atoms with Crippen LogP contribution in [0.2, 0.25) is 0 Å². The third-order valence-electron chi connectivity index (χ3n) is 2.19. The second-order valence-corrected chi connectivity index (χ2v) is 3.36. The number of nitrogen functional groups attached to an aromatic ring is 2. The van der Waals surface area contributed by atoms with Crippen molar-refractivity contribution in [3.8, 4) is 11.1 Å². The molecule has 0 radical (unpaired) electrons. The van der Waals surface area contributed by atoms with Gasteiger partial charge in [-0.25, -0.2) is 4.39 Å². The summed E-state index contributed by atoms with van der Waals surface area (Å²) in [5.74, 6) is -0.296. The van der Waals surface area contributed by atoms with E-state index in [1.54, 1.807) is 30.3 Å². The summed E-state index contributed by atoms with van der Waals surface area (Å²) in [6.45, 7) is 0. The fourth-order valence-corrected chi connectivity index (χ4v) is 1.47. The van der Waals surface area contributed by atoms with Gasteiger partial charge < -0.3 is 11.5 Å². The summed E-state index contributed by atoms with van der Waals surface area (Å²) in [5, 5.41) is 0. The van der Waals surface area contributed by atoms with Gasteiger partial charge in [-0.1, -0.05) is 12.1 Å². The van der Waals surface area contributed by atoms with Gasteiger partial charge in [0.25, 0.3) is 0 Å². The Morgan fingerprint density at radius 3 is 2.33 bits per heavy atom. The first-order valence-electron chi connectivity index (χ1n) is 4.58. The van der Waals surface area contributed by atoms with Gasteiger partial charge in [0, 0.05) is 16.9 Å². The van der Waals surface area contributed by atoms with Crippen LogP contribution in [0.1, 0.15) is 0 Å². The second-order valence-electron chi connectivity index (χ2n) is 3.36. The lowest BCUT2D eigenvalue weighted by molar-refractivity contribution is 0.631. The molecule has 0 amide bonds. The molecule has 76 valence electrons. The molecule has 2 nitrogen and oxygen atoms in total. The van der Waals surface area contributed by atoms with Gasteiger partial charge in [-0.15, -0.1) is 0 Å². The highest BCUT2D eigenvalue weighted by atomic mass is 19.1. The van der Waals surface area contributed by atoms with Crippen molar-refractivity contribution >= 4 is 11.4 Å². The Labute approximate surface area is 87.3 Å². The van der Waals surface area contributed by atoms with Crippen LogP contribution >= 0.6 is 0 Å². The second kappa shape index (κ2) is 3.61. The van der Waals surface area contributed by atoms with Gasteiger partial charge in [0.2, 0.25) is 0 Å². The standard InChI is InChI=1S/C12H11FN2/c13-12-5-4-10(15)7-11(12)8-2-1-3-9(14)6-8/h1-7H,14-15H2. The predicted octanol–water partition coefficient (Wildman–Crippen LogP) is 2.66. The maximum Gasteiger partial charge on any atom is 0.131 e. The molecule has 0 aliphatic heterocycles. The van der Waals surface area contributed by atoms with Crippen LogP contribution in [0.15, 0.2) is 42.5 Å². The van der Waals surface area contributed by atoms with Crippen LogP contribution in [-0.2, 0) is 0 Å². The largest absolute Gasteiger partial charge is 0.399 e. The molecule has 2 aromatic carbocycles. The van der Waals surface area contributed by atoms with Gasteiger partial charge >= 0.3 is 0 Å². The van der Waals surface area contributed by atoms with Crippen molar-refractivity contribution in [2.45, 2.75) is 0 Å². The number of halogens is 1. The molecular formula is C12H11FN2. The number of anilines is 2. The zero-order valence-corrected chi connectivity index (χ0v) is 8.07. The van der Waals surface area contributed by atoms with Crippen molar-refractivity contribution in [1.29, 1.82) is 0 Å². The highest BCUT2D eigenvalue weighted by Gasteiger charge is 2.05. The van der Waals surface area contributed by atoms with Crippen molar-refractivity contribution < 1.29 is 4.39 Å². The molecule has 4 N–H and O–H groups in total. The summed E-state index contributed by atoms with van der Waals surface area (Å²) in [6, 6.07) is 11.6. The number of hydrogen-bond acceptors (Lipinski definition) is 2. The molecule has 2 rings (SSSR count). The van der Waals surface area contributed by atoms with E-state index in [1.165, 1.54) is 12.1 Å². The monoisotopic (exact) mass is 202 g/mol. The van der Waals surface area contributed by atoms with E-state index in [-0.39, 0.29) is 5.82 Å². The molecule has 3 heteroatoms. The predicted molar refractivity (Wildman–Crippen MR) is 60.7 cm³/mol.